The summed E-state index contributed by atoms with van der Waals surface area (Å²) in [5, 5.41) is 6.74. The molecule has 0 unspecified atom stereocenters. The van der Waals surface area contributed by atoms with E-state index in [1.807, 2.05) is 36.4 Å². The van der Waals surface area contributed by atoms with Crippen LogP contribution in [0.1, 0.15) is 16.7 Å². The molecule has 2 aromatic heterocycles. The zero-order valence-electron chi connectivity index (χ0n) is 25.9. The van der Waals surface area contributed by atoms with Gasteiger partial charge in [-0.1, -0.05) is 115 Å². The number of rotatable bonds is 5. The molecular formula is C43H29N3OS. The highest BCUT2D eigenvalue weighted by Gasteiger charge is 2.19. The molecule has 9 rings (SSSR count). The molecule has 0 atom stereocenters. The Labute approximate surface area is 281 Å². The zero-order valence-corrected chi connectivity index (χ0v) is 26.7. The first kappa shape index (κ1) is 28.2. The molecule has 0 spiro atoms. The van der Waals surface area contributed by atoms with Crippen molar-refractivity contribution >= 4 is 75.9 Å². The van der Waals surface area contributed by atoms with Crippen molar-refractivity contribution in [2.45, 2.75) is 6.54 Å². The van der Waals surface area contributed by atoms with Gasteiger partial charge in [-0.15, -0.1) is 11.3 Å². The van der Waals surface area contributed by atoms with Crippen LogP contribution in [0.5, 0.6) is 0 Å². The number of furan rings is 1. The summed E-state index contributed by atoms with van der Waals surface area (Å²) in [4.78, 5) is 10.3. The fraction of sp³-hybridized carbons (Fsp3) is 0.0233. The number of benzene rings is 7. The molecule has 0 saturated heterocycles. The first-order valence-electron chi connectivity index (χ1n) is 16.0. The minimum absolute atomic E-state index is 0.388. The van der Waals surface area contributed by atoms with E-state index in [0.717, 1.165) is 54.5 Å². The molecule has 0 aliphatic heterocycles. The fourth-order valence-corrected chi connectivity index (χ4v) is 7.83. The van der Waals surface area contributed by atoms with Gasteiger partial charge in [-0.25, -0.2) is 4.99 Å². The van der Waals surface area contributed by atoms with E-state index in [4.69, 9.17) is 20.1 Å². The topological polar surface area (TPSA) is 63.9 Å². The lowest BCUT2D eigenvalue weighted by Crippen LogP contribution is -2.17. The number of nitrogens with zero attached hydrogens (tertiary/aromatic N) is 2. The Kier molecular flexibility index (Phi) is 6.84. The van der Waals surface area contributed by atoms with E-state index >= 15 is 0 Å². The number of para-hydroxylation sites is 1. The Morgan fingerprint density at radius 2 is 1.33 bits per heavy atom. The maximum atomic E-state index is 7.11. The van der Waals surface area contributed by atoms with Crippen LogP contribution in [0.2, 0.25) is 0 Å². The van der Waals surface area contributed by atoms with E-state index in [2.05, 4.69) is 115 Å². The molecule has 7 aromatic carbocycles. The molecule has 0 aliphatic rings. The van der Waals surface area contributed by atoms with E-state index in [-0.39, 0.29) is 0 Å². The highest BCUT2D eigenvalue weighted by atomic mass is 32.1. The summed E-state index contributed by atoms with van der Waals surface area (Å²) in [6.07, 6.45) is 0. The number of hydrogen-bond donors (Lipinski definition) is 1. The van der Waals surface area contributed by atoms with Crippen LogP contribution in [-0.2, 0) is 6.54 Å². The number of amidine groups is 2. The van der Waals surface area contributed by atoms with Crippen molar-refractivity contribution in [3.63, 3.8) is 0 Å². The predicted molar refractivity (Wildman–Crippen MR) is 203 cm³/mol. The standard InChI is InChI=1S/C43H29N3OS/c44-42(46-43(45-26-27-11-2-1-3-12-27)35-18-10-17-33-32-15-7-9-20-39(32)48-41(33)35)36-24-31(30-22-21-28-13-4-5-14-29(28)23-30)25-38-40(36)34-16-6-8-19-37(34)47-38/h1-25H,26H2,(H2,44,45,46). The Morgan fingerprint density at radius 1 is 0.583 bits per heavy atom. The van der Waals surface area contributed by atoms with E-state index in [0.29, 0.717) is 18.2 Å². The van der Waals surface area contributed by atoms with Crippen molar-refractivity contribution in [2.24, 2.45) is 15.7 Å². The van der Waals surface area contributed by atoms with Crippen molar-refractivity contribution in [1.82, 2.24) is 0 Å². The Balaban J connectivity index is 1.27. The van der Waals surface area contributed by atoms with Gasteiger partial charge in [0.1, 0.15) is 17.0 Å². The van der Waals surface area contributed by atoms with Gasteiger partial charge in [0.2, 0.25) is 0 Å². The predicted octanol–water partition coefficient (Wildman–Crippen LogP) is 11.1. The van der Waals surface area contributed by atoms with Gasteiger partial charge in [0.15, 0.2) is 5.84 Å². The van der Waals surface area contributed by atoms with Crippen LogP contribution in [0.4, 0.5) is 0 Å². The summed E-state index contributed by atoms with van der Waals surface area (Å²) >= 11 is 1.76. The number of fused-ring (bicyclic) bond motifs is 7. The molecule has 2 heterocycles. The van der Waals surface area contributed by atoms with Crippen molar-refractivity contribution in [3.05, 3.63) is 168 Å². The highest BCUT2D eigenvalue weighted by Crippen LogP contribution is 2.38. The van der Waals surface area contributed by atoms with E-state index in [9.17, 15) is 0 Å². The molecule has 4 nitrogen and oxygen atoms in total. The largest absolute Gasteiger partial charge is 0.456 e. The SMILES string of the molecule is NC(=NC(=NCc1ccccc1)c1cccc2c1sc1ccccc12)c1cc(-c2ccc3ccccc3c2)cc2oc3ccccc3c12. The number of hydrogen-bond acceptors (Lipinski definition) is 3. The van der Waals surface area contributed by atoms with Gasteiger partial charge in [0.25, 0.3) is 0 Å². The lowest BCUT2D eigenvalue weighted by atomic mass is 9.96. The minimum Gasteiger partial charge on any atom is -0.456 e. The number of nitrogens with two attached hydrogens (primary N) is 1. The van der Waals surface area contributed by atoms with Gasteiger partial charge >= 0.3 is 0 Å². The third kappa shape index (κ3) is 4.93. The lowest BCUT2D eigenvalue weighted by molar-refractivity contribution is 0.669. The second-order valence-electron chi connectivity index (χ2n) is 12.0. The molecule has 2 N–H and O–H groups in total. The van der Waals surface area contributed by atoms with Crippen LogP contribution in [0, 0.1) is 0 Å². The van der Waals surface area contributed by atoms with Gasteiger partial charge in [-0.2, -0.15) is 0 Å². The molecule has 48 heavy (non-hydrogen) atoms. The first-order valence-corrected chi connectivity index (χ1v) is 16.8. The van der Waals surface area contributed by atoms with Gasteiger partial charge in [-0.3, -0.25) is 4.99 Å². The molecule has 228 valence electrons. The molecule has 5 heteroatoms. The second-order valence-corrected chi connectivity index (χ2v) is 13.0. The van der Waals surface area contributed by atoms with Crippen molar-refractivity contribution in [1.29, 1.82) is 0 Å². The molecule has 9 aromatic rings. The second kappa shape index (κ2) is 11.6. The van der Waals surface area contributed by atoms with E-state index < -0.39 is 0 Å². The molecule has 0 amide bonds. The summed E-state index contributed by atoms with van der Waals surface area (Å²) in [7, 11) is 0. The molecule has 0 aliphatic carbocycles. The van der Waals surface area contributed by atoms with Crippen LogP contribution >= 0.6 is 11.3 Å². The average molecular weight is 636 g/mol. The van der Waals surface area contributed by atoms with Crippen LogP contribution in [-0.4, -0.2) is 11.7 Å². The maximum absolute atomic E-state index is 7.11. The molecule has 0 radical (unpaired) electrons. The summed E-state index contributed by atoms with van der Waals surface area (Å²) < 4.78 is 8.81. The summed E-state index contributed by atoms with van der Waals surface area (Å²) in [5.41, 5.74) is 13.7. The van der Waals surface area contributed by atoms with Crippen LogP contribution < -0.4 is 5.73 Å². The third-order valence-electron chi connectivity index (χ3n) is 8.96. The molecular weight excluding hydrogens is 607 g/mol. The Bertz CT molecular complexity index is 2720. The van der Waals surface area contributed by atoms with Crippen molar-refractivity contribution in [3.8, 4) is 11.1 Å². The summed E-state index contributed by atoms with van der Waals surface area (Å²) in [6.45, 7) is 0.482. The highest BCUT2D eigenvalue weighted by molar-refractivity contribution is 7.26. The quantitative estimate of drug-likeness (QED) is 0.151. The van der Waals surface area contributed by atoms with Crippen molar-refractivity contribution in [2.75, 3.05) is 0 Å². The lowest BCUT2D eigenvalue weighted by Gasteiger charge is -2.11. The monoisotopic (exact) mass is 635 g/mol. The van der Waals surface area contributed by atoms with Gasteiger partial charge in [0.05, 0.1) is 6.54 Å². The molecule has 0 saturated carbocycles. The smallest absolute Gasteiger partial charge is 0.158 e. The Morgan fingerprint density at radius 3 is 2.23 bits per heavy atom. The first-order chi connectivity index (χ1) is 23.7. The third-order valence-corrected chi connectivity index (χ3v) is 10.2. The van der Waals surface area contributed by atoms with Crippen LogP contribution in [0.15, 0.2) is 166 Å². The van der Waals surface area contributed by atoms with Crippen LogP contribution in [0.3, 0.4) is 0 Å². The number of aliphatic imine (C=N–C) groups is 2. The van der Waals surface area contributed by atoms with Gasteiger partial charge < -0.3 is 10.2 Å². The Hall–Kier alpha value is -6.04. The van der Waals surface area contributed by atoms with Gasteiger partial charge in [-0.05, 0) is 63.9 Å². The zero-order chi connectivity index (χ0) is 32.0. The maximum Gasteiger partial charge on any atom is 0.158 e. The van der Waals surface area contributed by atoms with E-state index in [1.54, 1.807) is 11.3 Å². The molecule has 0 fully saturated rings. The average Bonchev–Trinajstić information content (AvgIpc) is 3.72. The number of thiophene rings is 1. The van der Waals surface area contributed by atoms with Gasteiger partial charge in [0, 0.05) is 42.1 Å². The fourth-order valence-electron chi connectivity index (χ4n) is 6.62. The molecule has 0 bridgehead atoms. The van der Waals surface area contributed by atoms with Crippen LogP contribution in [0.25, 0.3) is 64.0 Å². The normalized spacial score (nSPS) is 12.6. The van der Waals surface area contributed by atoms with E-state index in [1.165, 1.54) is 26.2 Å². The van der Waals surface area contributed by atoms with Crippen molar-refractivity contribution < 1.29 is 4.42 Å². The summed E-state index contributed by atoms with van der Waals surface area (Å²) in [5.74, 6) is 0.990. The summed E-state index contributed by atoms with van der Waals surface area (Å²) in [6, 6.07) is 52.4. The minimum atomic E-state index is 0.388.